The van der Waals surface area contributed by atoms with Gasteiger partial charge in [-0.2, -0.15) is 0 Å². The van der Waals surface area contributed by atoms with E-state index in [2.05, 4.69) is 10.6 Å². The molecule has 6 heteroatoms. The highest BCUT2D eigenvalue weighted by molar-refractivity contribution is 7.09. The Morgan fingerprint density at radius 2 is 2.22 bits per heavy atom. The summed E-state index contributed by atoms with van der Waals surface area (Å²) in [5.41, 5.74) is 5.09. The zero-order valence-electron chi connectivity index (χ0n) is 10.6. The van der Waals surface area contributed by atoms with Crippen molar-refractivity contribution in [2.75, 3.05) is 0 Å². The molecular weight excluding hydrogens is 250 g/mol. The zero-order valence-corrected chi connectivity index (χ0v) is 11.4. The van der Waals surface area contributed by atoms with Crippen LogP contribution in [0.4, 0.5) is 4.79 Å². The Labute approximate surface area is 111 Å². The van der Waals surface area contributed by atoms with Crippen LogP contribution in [0.3, 0.4) is 0 Å². The molecule has 0 aliphatic carbocycles. The van der Waals surface area contributed by atoms with E-state index in [9.17, 15) is 9.59 Å². The van der Waals surface area contributed by atoms with Crippen LogP contribution in [0.2, 0.25) is 0 Å². The van der Waals surface area contributed by atoms with E-state index in [4.69, 9.17) is 5.73 Å². The third-order valence-corrected chi connectivity index (χ3v) is 3.69. The summed E-state index contributed by atoms with van der Waals surface area (Å²) in [6, 6.07) is 2.63. The molecule has 0 aliphatic rings. The quantitative estimate of drug-likeness (QED) is 0.730. The van der Waals surface area contributed by atoms with Crippen molar-refractivity contribution in [1.82, 2.24) is 10.6 Å². The van der Waals surface area contributed by atoms with Crippen molar-refractivity contribution < 1.29 is 9.59 Å². The van der Waals surface area contributed by atoms with Crippen molar-refractivity contribution in [3.63, 3.8) is 0 Å². The number of hydrogen-bond donors (Lipinski definition) is 3. The van der Waals surface area contributed by atoms with Crippen molar-refractivity contribution in [1.29, 1.82) is 0 Å². The second-order valence-electron chi connectivity index (χ2n) is 4.17. The highest BCUT2D eigenvalue weighted by Gasteiger charge is 2.24. The van der Waals surface area contributed by atoms with Crippen LogP contribution in [-0.2, 0) is 11.3 Å². The first-order chi connectivity index (χ1) is 8.54. The molecule has 3 amide bonds. The molecule has 0 spiro atoms. The minimum absolute atomic E-state index is 0.0424. The number of urea groups is 1. The van der Waals surface area contributed by atoms with E-state index in [1.54, 1.807) is 11.3 Å². The first kappa shape index (κ1) is 14.5. The van der Waals surface area contributed by atoms with Crippen LogP contribution in [0.15, 0.2) is 17.5 Å². The Bertz CT molecular complexity index is 392. The van der Waals surface area contributed by atoms with Gasteiger partial charge in [-0.15, -0.1) is 11.3 Å². The summed E-state index contributed by atoms with van der Waals surface area (Å²) in [7, 11) is 0. The molecule has 1 aromatic heterocycles. The fourth-order valence-electron chi connectivity index (χ4n) is 1.55. The number of carbonyl (C=O) groups excluding carboxylic acids is 2. The Balaban J connectivity index is 2.55. The first-order valence-corrected chi connectivity index (χ1v) is 6.78. The maximum Gasteiger partial charge on any atom is 0.312 e. The average molecular weight is 269 g/mol. The maximum atomic E-state index is 12.0. The smallest absolute Gasteiger partial charge is 0.312 e. The second kappa shape index (κ2) is 7.00. The van der Waals surface area contributed by atoms with Crippen LogP contribution in [0.25, 0.3) is 0 Å². The van der Waals surface area contributed by atoms with E-state index < -0.39 is 12.1 Å². The molecule has 0 saturated heterocycles. The number of rotatable bonds is 6. The van der Waals surface area contributed by atoms with Gasteiger partial charge in [0.15, 0.2) is 0 Å². The van der Waals surface area contributed by atoms with Gasteiger partial charge in [0.2, 0.25) is 5.91 Å². The van der Waals surface area contributed by atoms with Crippen molar-refractivity contribution in [3.05, 3.63) is 22.4 Å². The lowest BCUT2D eigenvalue weighted by molar-refractivity contribution is -0.124. The van der Waals surface area contributed by atoms with Gasteiger partial charge < -0.3 is 16.4 Å². The summed E-state index contributed by atoms with van der Waals surface area (Å²) in [5.74, 6) is -0.155. The van der Waals surface area contributed by atoms with E-state index in [0.717, 1.165) is 11.3 Å². The minimum atomic E-state index is -0.674. The predicted molar refractivity (Wildman–Crippen MR) is 72.1 cm³/mol. The zero-order chi connectivity index (χ0) is 13.5. The van der Waals surface area contributed by atoms with Crippen molar-refractivity contribution in [2.45, 2.75) is 32.9 Å². The fraction of sp³-hybridized carbons (Fsp3) is 0.500. The lowest BCUT2D eigenvalue weighted by Gasteiger charge is -2.22. The molecule has 0 aliphatic heterocycles. The molecule has 0 aromatic carbocycles. The summed E-state index contributed by atoms with van der Waals surface area (Å²) < 4.78 is 0. The van der Waals surface area contributed by atoms with Gasteiger partial charge in [0.1, 0.15) is 6.04 Å². The van der Waals surface area contributed by atoms with E-state index in [-0.39, 0.29) is 11.8 Å². The van der Waals surface area contributed by atoms with Gasteiger partial charge in [0, 0.05) is 4.88 Å². The Kier molecular flexibility index (Phi) is 5.64. The maximum absolute atomic E-state index is 12.0. The van der Waals surface area contributed by atoms with Crippen LogP contribution in [0.1, 0.15) is 25.1 Å². The van der Waals surface area contributed by atoms with Crippen molar-refractivity contribution >= 4 is 23.3 Å². The molecule has 1 aromatic rings. The Hall–Kier alpha value is -1.56. The highest BCUT2D eigenvalue weighted by Crippen LogP contribution is 2.10. The number of carbonyl (C=O) groups is 2. The van der Waals surface area contributed by atoms with Gasteiger partial charge in [0.25, 0.3) is 0 Å². The summed E-state index contributed by atoms with van der Waals surface area (Å²) >= 11 is 1.58. The number of nitrogens with one attached hydrogen (secondary N) is 2. The van der Waals surface area contributed by atoms with E-state index in [0.29, 0.717) is 6.54 Å². The Morgan fingerprint density at radius 1 is 1.50 bits per heavy atom. The molecule has 4 N–H and O–H groups in total. The van der Waals surface area contributed by atoms with Crippen molar-refractivity contribution in [2.24, 2.45) is 11.7 Å². The molecule has 0 fully saturated rings. The largest absolute Gasteiger partial charge is 0.352 e. The van der Waals surface area contributed by atoms with Gasteiger partial charge >= 0.3 is 6.03 Å². The highest BCUT2D eigenvalue weighted by atomic mass is 32.1. The molecule has 1 heterocycles. The average Bonchev–Trinajstić information content (AvgIpc) is 2.85. The fourth-order valence-corrected chi connectivity index (χ4v) is 2.20. The molecule has 2 atom stereocenters. The number of hydrogen-bond acceptors (Lipinski definition) is 3. The van der Waals surface area contributed by atoms with Gasteiger partial charge in [-0.1, -0.05) is 26.3 Å². The molecular formula is C12H19N3O2S. The van der Waals surface area contributed by atoms with E-state index >= 15 is 0 Å². The second-order valence-corrected chi connectivity index (χ2v) is 5.20. The molecule has 18 heavy (non-hydrogen) atoms. The minimum Gasteiger partial charge on any atom is -0.352 e. The standard InChI is InChI=1S/C12H19N3O2S/c1-3-8(2)10(15-12(13)17)11(16)14-7-9-5-4-6-18-9/h4-6,8,10H,3,7H2,1-2H3,(H,14,16)(H3,13,15,17). The van der Waals surface area contributed by atoms with Gasteiger partial charge in [-0.25, -0.2) is 4.79 Å². The number of primary amides is 1. The molecule has 0 bridgehead atoms. The third-order valence-electron chi connectivity index (χ3n) is 2.81. The normalized spacial score (nSPS) is 13.7. The van der Waals surface area contributed by atoms with Crippen LogP contribution >= 0.6 is 11.3 Å². The summed E-state index contributed by atoms with van der Waals surface area (Å²) in [4.78, 5) is 24.0. The third kappa shape index (κ3) is 4.37. The summed E-state index contributed by atoms with van der Waals surface area (Å²) in [6.45, 7) is 4.35. The summed E-state index contributed by atoms with van der Waals surface area (Å²) in [6.07, 6.45) is 0.789. The van der Waals surface area contributed by atoms with E-state index in [1.807, 2.05) is 31.4 Å². The topological polar surface area (TPSA) is 84.2 Å². The van der Waals surface area contributed by atoms with Crippen LogP contribution in [-0.4, -0.2) is 18.0 Å². The molecule has 5 nitrogen and oxygen atoms in total. The number of nitrogens with two attached hydrogens (primary N) is 1. The molecule has 2 unspecified atom stereocenters. The molecule has 0 radical (unpaired) electrons. The molecule has 0 saturated carbocycles. The first-order valence-electron chi connectivity index (χ1n) is 5.90. The lowest BCUT2D eigenvalue weighted by atomic mass is 9.98. The Morgan fingerprint density at radius 3 is 2.72 bits per heavy atom. The SMILES string of the molecule is CCC(C)C(NC(N)=O)C(=O)NCc1cccs1. The molecule has 100 valence electrons. The van der Waals surface area contributed by atoms with Gasteiger partial charge in [-0.05, 0) is 17.4 Å². The lowest BCUT2D eigenvalue weighted by Crippen LogP contribution is -2.51. The van der Waals surface area contributed by atoms with E-state index in [1.165, 1.54) is 0 Å². The summed E-state index contributed by atoms with van der Waals surface area (Å²) in [5, 5.41) is 7.25. The number of thiophene rings is 1. The predicted octanol–water partition coefficient (Wildman–Crippen LogP) is 1.45. The van der Waals surface area contributed by atoms with Crippen LogP contribution < -0.4 is 16.4 Å². The molecule has 1 rings (SSSR count). The van der Waals surface area contributed by atoms with Crippen LogP contribution in [0, 0.1) is 5.92 Å². The van der Waals surface area contributed by atoms with Crippen LogP contribution in [0.5, 0.6) is 0 Å². The van der Waals surface area contributed by atoms with Gasteiger partial charge in [-0.3, -0.25) is 4.79 Å². The van der Waals surface area contributed by atoms with Gasteiger partial charge in [0.05, 0.1) is 6.54 Å². The van der Waals surface area contributed by atoms with Crippen molar-refractivity contribution in [3.8, 4) is 0 Å². The number of amides is 3. The monoisotopic (exact) mass is 269 g/mol.